The van der Waals surface area contributed by atoms with Gasteiger partial charge in [0.1, 0.15) is 18.2 Å². The van der Waals surface area contributed by atoms with Crippen molar-refractivity contribution in [2.75, 3.05) is 20.2 Å². The maximum atomic E-state index is 12.7. The molecule has 0 atom stereocenters. The van der Waals surface area contributed by atoms with Gasteiger partial charge in [-0.1, -0.05) is 0 Å². The molecule has 0 unspecified atom stereocenters. The lowest BCUT2D eigenvalue weighted by molar-refractivity contribution is -0.151. The van der Waals surface area contributed by atoms with E-state index >= 15 is 0 Å². The minimum Gasteiger partial charge on any atom is -0.492 e. The van der Waals surface area contributed by atoms with E-state index < -0.39 is 11.4 Å². The molecule has 5 nitrogen and oxygen atoms in total. The van der Waals surface area contributed by atoms with Crippen LogP contribution in [0.3, 0.4) is 0 Å². The van der Waals surface area contributed by atoms with Crippen LogP contribution in [-0.4, -0.2) is 42.1 Å². The first-order valence-electron chi connectivity index (χ1n) is 6.58. The average molecular weight is 297 g/mol. The molecule has 0 aromatic heterocycles. The number of carbonyl (C=O) groups is 2. The van der Waals surface area contributed by atoms with Gasteiger partial charge in [0, 0.05) is 13.5 Å². The Kier molecular flexibility index (Phi) is 5.69. The number of carbonyl (C=O) groups excluding carboxylic acids is 1. The molecule has 1 amide bonds. The predicted molar refractivity (Wildman–Crippen MR) is 75.6 cm³/mol. The molecule has 0 aliphatic rings. The molecule has 1 N–H and O–H groups in total. The topological polar surface area (TPSA) is 66.8 Å². The number of benzene rings is 1. The summed E-state index contributed by atoms with van der Waals surface area (Å²) in [4.78, 5) is 24.3. The molecule has 116 valence electrons. The van der Waals surface area contributed by atoms with Crippen molar-refractivity contribution in [3.8, 4) is 5.75 Å². The Morgan fingerprint density at radius 3 is 2.38 bits per heavy atom. The van der Waals surface area contributed by atoms with E-state index in [1.807, 2.05) is 0 Å². The van der Waals surface area contributed by atoms with Crippen LogP contribution in [0.5, 0.6) is 5.75 Å². The maximum absolute atomic E-state index is 12.7. The van der Waals surface area contributed by atoms with Crippen LogP contribution in [-0.2, 0) is 9.59 Å². The van der Waals surface area contributed by atoms with E-state index in [-0.39, 0.29) is 24.8 Å². The third kappa shape index (κ3) is 5.41. The number of nitrogens with zero attached hydrogens (tertiary/aromatic N) is 1. The fraction of sp³-hybridized carbons (Fsp3) is 0.467. The second kappa shape index (κ2) is 7.06. The fourth-order valence-electron chi connectivity index (χ4n) is 1.54. The molecule has 0 radical (unpaired) electrons. The second-order valence-electron chi connectivity index (χ2n) is 5.48. The van der Waals surface area contributed by atoms with Gasteiger partial charge in [-0.3, -0.25) is 9.59 Å². The highest BCUT2D eigenvalue weighted by Gasteiger charge is 2.31. The molecule has 0 aliphatic carbocycles. The second-order valence-corrected chi connectivity index (χ2v) is 5.48. The molecule has 0 saturated carbocycles. The summed E-state index contributed by atoms with van der Waals surface area (Å²) in [5.41, 5.74) is -1.09. The lowest BCUT2D eigenvalue weighted by Crippen LogP contribution is -2.36. The number of likely N-dealkylation sites (N-methyl/N-ethyl adjacent to an activating group) is 1. The van der Waals surface area contributed by atoms with Gasteiger partial charge < -0.3 is 14.7 Å². The quantitative estimate of drug-likeness (QED) is 0.837. The number of ether oxygens (including phenoxy) is 1. The zero-order valence-corrected chi connectivity index (χ0v) is 12.4. The molecule has 0 bridgehead atoms. The molecule has 6 heteroatoms. The largest absolute Gasteiger partial charge is 0.492 e. The van der Waals surface area contributed by atoms with Crippen LogP contribution in [0.1, 0.15) is 20.3 Å². The highest BCUT2D eigenvalue weighted by Crippen LogP contribution is 2.21. The van der Waals surface area contributed by atoms with Gasteiger partial charge in [-0.15, -0.1) is 0 Å². The molecule has 0 saturated heterocycles. The highest BCUT2D eigenvalue weighted by atomic mass is 19.1. The van der Waals surface area contributed by atoms with Crippen molar-refractivity contribution < 1.29 is 23.8 Å². The van der Waals surface area contributed by atoms with Gasteiger partial charge in [0.05, 0.1) is 12.0 Å². The predicted octanol–water partition coefficient (Wildman–Crippen LogP) is 2.16. The molecular formula is C15H20FNO4. The van der Waals surface area contributed by atoms with Crippen LogP contribution >= 0.6 is 0 Å². The number of hydrogen-bond acceptors (Lipinski definition) is 3. The first-order chi connectivity index (χ1) is 9.72. The van der Waals surface area contributed by atoms with Crippen molar-refractivity contribution in [3.63, 3.8) is 0 Å². The molecule has 1 aromatic carbocycles. The van der Waals surface area contributed by atoms with Crippen molar-refractivity contribution in [3.05, 3.63) is 30.1 Å². The number of amides is 1. The van der Waals surface area contributed by atoms with Crippen molar-refractivity contribution in [1.29, 1.82) is 0 Å². The standard InChI is InChI=1S/C15H20FNO4/c1-15(2,14(19)20)10-13(18)17(3)8-9-21-12-6-4-11(16)5-7-12/h4-7H,8-10H2,1-3H3,(H,19,20). The van der Waals surface area contributed by atoms with Gasteiger partial charge in [-0.25, -0.2) is 4.39 Å². The molecule has 0 heterocycles. The summed E-state index contributed by atoms with van der Waals surface area (Å²) in [6.07, 6.45) is -0.0740. The molecule has 0 aliphatic heterocycles. The zero-order valence-electron chi connectivity index (χ0n) is 12.4. The van der Waals surface area contributed by atoms with Gasteiger partial charge >= 0.3 is 5.97 Å². The number of hydrogen-bond donors (Lipinski definition) is 1. The third-order valence-corrected chi connectivity index (χ3v) is 3.11. The Balaban J connectivity index is 2.39. The molecule has 0 fully saturated rings. The van der Waals surface area contributed by atoms with Crippen molar-refractivity contribution in [2.45, 2.75) is 20.3 Å². The van der Waals surface area contributed by atoms with E-state index in [1.54, 1.807) is 7.05 Å². The van der Waals surface area contributed by atoms with Crippen molar-refractivity contribution >= 4 is 11.9 Å². The maximum Gasteiger partial charge on any atom is 0.309 e. The number of aliphatic carboxylic acids is 1. The Hall–Kier alpha value is -2.11. The third-order valence-electron chi connectivity index (χ3n) is 3.11. The SMILES string of the molecule is CN(CCOc1ccc(F)cc1)C(=O)CC(C)(C)C(=O)O. The van der Waals surface area contributed by atoms with Crippen molar-refractivity contribution in [1.82, 2.24) is 4.90 Å². The van der Waals surface area contributed by atoms with Crippen LogP contribution in [0.25, 0.3) is 0 Å². The van der Waals surface area contributed by atoms with Gasteiger partial charge in [-0.05, 0) is 38.1 Å². The molecule has 1 aromatic rings. The van der Waals surface area contributed by atoms with Crippen LogP contribution in [0.2, 0.25) is 0 Å². The lowest BCUT2D eigenvalue weighted by Gasteiger charge is -2.23. The average Bonchev–Trinajstić information content (AvgIpc) is 2.40. The smallest absolute Gasteiger partial charge is 0.309 e. The summed E-state index contributed by atoms with van der Waals surface area (Å²) in [6.45, 7) is 3.60. The van der Waals surface area contributed by atoms with Crippen molar-refractivity contribution in [2.24, 2.45) is 5.41 Å². The van der Waals surface area contributed by atoms with Gasteiger partial charge in [-0.2, -0.15) is 0 Å². The Bertz CT molecular complexity index is 499. The van der Waals surface area contributed by atoms with E-state index in [2.05, 4.69) is 0 Å². The lowest BCUT2D eigenvalue weighted by atomic mass is 9.89. The van der Waals surface area contributed by atoms with Gasteiger partial charge in [0.15, 0.2) is 0 Å². The molecular weight excluding hydrogens is 277 g/mol. The van der Waals surface area contributed by atoms with Crippen LogP contribution < -0.4 is 4.74 Å². The summed E-state index contributed by atoms with van der Waals surface area (Å²) in [5.74, 6) is -1.09. The summed E-state index contributed by atoms with van der Waals surface area (Å²) < 4.78 is 18.1. The Morgan fingerprint density at radius 1 is 1.29 bits per heavy atom. The Morgan fingerprint density at radius 2 is 1.86 bits per heavy atom. The number of rotatable bonds is 7. The van der Waals surface area contributed by atoms with Crippen LogP contribution in [0.4, 0.5) is 4.39 Å². The van der Waals surface area contributed by atoms with E-state index in [1.165, 1.54) is 43.0 Å². The van der Waals surface area contributed by atoms with Gasteiger partial charge in [0.25, 0.3) is 0 Å². The summed E-state index contributed by atoms with van der Waals surface area (Å²) >= 11 is 0. The molecule has 0 spiro atoms. The first kappa shape index (κ1) is 16.9. The van der Waals surface area contributed by atoms with E-state index in [0.717, 1.165) is 0 Å². The minimum absolute atomic E-state index is 0.0740. The fourth-order valence-corrected chi connectivity index (χ4v) is 1.54. The zero-order chi connectivity index (χ0) is 16.0. The van der Waals surface area contributed by atoms with Gasteiger partial charge in [0.2, 0.25) is 5.91 Å². The summed E-state index contributed by atoms with van der Waals surface area (Å²) in [5, 5.41) is 8.99. The number of carboxylic acids is 1. The molecule has 21 heavy (non-hydrogen) atoms. The first-order valence-corrected chi connectivity index (χ1v) is 6.58. The minimum atomic E-state index is -1.09. The summed E-state index contributed by atoms with van der Waals surface area (Å²) in [7, 11) is 1.59. The van der Waals surface area contributed by atoms with E-state index in [0.29, 0.717) is 12.3 Å². The summed E-state index contributed by atoms with van der Waals surface area (Å²) in [6, 6.07) is 5.59. The van der Waals surface area contributed by atoms with Crippen LogP contribution in [0.15, 0.2) is 24.3 Å². The van der Waals surface area contributed by atoms with E-state index in [9.17, 15) is 14.0 Å². The number of carboxylic acid groups (broad SMARTS) is 1. The number of halogens is 1. The monoisotopic (exact) mass is 297 g/mol. The Labute approximate surface area is 123 Å². The van der Waals surface area contributed by atoms with E-state index in [4.69, 9.17) is 9.84 Å². The van der Waals surface area contributed by atoms with Crippen LogP contribution in [0, 0.1) is 11.2 Å². The highest BCUT2D eigenvalue weighted by molar-refractivity contribution is 5.84. The normalized spacial score (nSPS) is 11.0. The molecule has 1 rings (SSSR count).